The molecule has 0 atom stereocenters. The van der Waals surface area contributed by atoms with Crippen LogP contribution in [0.25, 0.3) is 11.4 Å². The van der Waals surface area contributed by atoms with Crippen LogP contribution in [-0.2, 0) is 0 Å². The second kappa shape index (κ2) is 4.37. The van der Waals surface area contributed by atoms with Gasteiger partial charge in [-0.2, -0.15) is 5.26 Å². The third-order valence-corrected chi connectivity index (χ3v) is 2.41. The van der Waals surface area contributed by atoms with Crippen LogP contribution in [0.4, 0.5) is 14.6 Å². The molecule has 0 bridgehead atoms. The number of aromatic nitrogens is 2. The molecule has 2 rings (SSSR count). The van der Waals surface area contributed by atoms with Crippen molar-refractivity contribution in [3.05, 3.63) is 41.1 Å². The summed E-state index contributed by atoms with van der Waals surface area (Å²) in [4.78, 5) is 7.94. The number of halogens is 2. The van der Waals surface area contributed by atoms with E-state index < -0.39 is 11.6 Å². The third kappa shape index (κ3) is 1.98. The molecule has 1 aromatic carbocycles. The minimum absolute atomic E-state index is 0.0183. The van der Waals surface area contributed by atoms with Crippen molar-refractivity contribution in [2.24, 2.45) is 0 Å². The van der Waals surface area contributed by atoms with E-state index in [1.807, 2.05) is 6.07 Å². The number of hydrogen-bond acceptors (Lipinski definition) is 4. The summed E-state index contributed by atoms with van der Waals surface area (Å²) in [5.41, 5.74) is 6.47. The molecule has 0 radical (unpaired) electrons. The summed E-state index contributed by atoms with van der Waals surface area (Å²) in [5, 5.41) is 8.82. The van der Waals surface area contributed by atoms with Gasteiger partial charge in [-0.1, -0.05) is 0 Å². The Labute approximate surface area is 102 Å². The highest BCUT2D eigenvalue weighted by atomic mass is 19.2. The fourth-order valence-electron chi connectivity index (χ4n) is 1.50. The SMILES string of the molecule is Cc1nc(-c2ccc(F)c(F)c2)nc(N)c1C#N. The summed E-state index contributed by atoms with van der Waals surface area (Å²) in [6.07, 6.45) is 0. The van der Waals surface area contributed by atoms with Gasteiger partial charge in [0.15, 0.2) is 17.5 Å². The second-order valence-electron chi connectivity index (χ2n) is 3.63. The Hall–Kier alpha value is -2.55. The molecule has 90 valence electrons. The van der Waals surface area contributed by atoms with Crippen LogP contribution in [0.15, 0.2) is 18.2 Å². The molecule has 1 heterocycles. The summed E-state index contributed by atoms with van der Waals surface area (Å²) < 4.78 is 25.9. The normalized spacial score (nSPS) is 10.1. The van der Waals surface area contributed by atoms with E-state index in [-0.39, 0.29) is 17.2 Å². The zero-order chi connectivity index (χ0) is 13.3. The lowest BCUT2D eigenvalue weighted by Gasteiger charge is -2.05. The number of nitrogens with zero attached hydrogens (tertiary/aromatic N) is 3. The van der Waals surface area contributed by atoms with Gasteiger partial charge in [0.05, 0.1) is 5.69 Å². The van der Waals surface area contributed by atoms with Gasteiger partial charge in [-0.15, -0.1) is 0 Å². The predicted octanol–water partition coefficient (Wildman–Crippen LogP) is 2.18. The van der Waals surface area contributed by atoms with Crippen LogP contribution in [0.3, 0.4) is 0 Å². The molecular formula is C12H8F2N4. The maximum Gasteiger partial charge on any atom is 0.161 e. The highest BCUT2D eigenvalue weighted by molar-refractivity contribution is 5.61. The van der Waals surface area contributed by atoms with Crippen molar-refractivity contribution in [3.63, 3.8) is 0 Å². The van der Waals surface area contributed by atoms with Crippen LogP contribution in [0.2, 0.25) is 0 Å². The van der Waals surface area contributed by atoms with Gasteiger partial charge in [0.25, 0.3) is 0 Å². The lowest BCUT2D eigenvalue weighted by molar-refractivity contribution is 0.509. The van der Waals surface area contributed by atoms with Gasteiger partial charge in [-0.05, 0) is 25.1 Å². The topological polar surface area (TPSA) is 75.6 Å². The number of benzene rings is 1. The van der Waals surface area contributed by atoms with Crippen LogP contribution in [0, 0.1) is 29.9 Å². The van der Waals surface area contributed by atoms with Gasteiger partial charge in [0.2, 0.25) is 0 Å². The highest BCUT2D eigenvalue weighted by Crippen LogP contribution is 2.21. The summed E-state index contributed by atoms with van der Waals surface area (Å²) in [5.74, 6) is -1.76. The lowest BCUT2D eigenvalue weighted by atomic mass is 10.1. The number of anilines is 1. The third-order valence-electron chi connectivity index (χ3n) is 2.41. The van der Waals surface area contributed by atoms with Crippen LogP contribution < -0.4 is 5.73 Å². The van der Waals surface area contributed by atoms with Gasteiger partial charge in [0, 0.05) is 5.56 Å². The molecule has 0 amide bonds. The van der Waals surface area contributed by atoms with Crippen molar-refractivity contribution in [2.45, 2.75) is 6.92 Å². The Balaban J connectivity index is 2.59. The molecule has 0 saturated carbocycles. The Bertz CT molecular complexity index is 639. The number of nitrogens with two attached hydrogens (primary N) is 1. The fourth-order valence-corrected chi connectivity index (χ4v) is 1.50. The van der Waals surface area contributed by atoms with Crippen molar-refractivity contribution >= 4 is 5.82 Å². The first-order valence-corrected chi connectivity index (χ1v) is 5.02. The van der Waals surface area contributed by atoms with E-state index in [4.69, 9.17) is 11.0 Å². The van der Waals surface area contributed by atoms with E-state index >= 15 is 0 Å². The molecule has 0 aliphatic heterocycles. The molecule has 4 nitrogen and oxygen atoms in total. The maximum atomic E-state index is 13.1. The molecule has 0 fully saturated rings. The average molecular weight is 246 g/mol. The first-order chi connectivity index (χ1) is 8.52. The minimum atomic E-state index is -0.989. The summed E-state index contributed by atoms with van der Waals surface area (Å²) in [6.45, 7) is 1.60. The van der Waals surface area contributed by atoms with E-state index in [0.717, 1.165) is 12.1 Å². The van der Waals surface area contributed by atoms with Crippen molar-refractivity contribution in [3.8, 4) is 17.5 Å². The van der Waals surface area contributed by atoms with Crippen molar-refractivity contribution in [1.82, 2.24) is 9.97 Å². The largest absolute Gasteiger partial charge is 0.382 e. The van der Waals surface area contributed by atoms with Gasteiger partial charge in [-0.3, -0.25) is 0 Å². The van der Waals surface area contributed by atoms with Gasteiger partial charge >= 0.3 is 0 Å². The maximum absolute atomic E-state index is 13.1. The first-order valence-electron chi connectivity index (χ1n) is 5.02. The van der Waals surface area contributed by atoms with Gasteiger partial charge in [-0.25, -0.2) is 18.7 Å². The lowest BCUT2D eigenvalue weighted by Crippen LogP contribution is -2.03. The van der Waals surface area contributed by atoms with Crippen molar-refractivity contribution in [1.29, 1.82) is 5.26 Å². The quantitative estimate of drug-likeness (QED) is 0.836. The summed E-state index contributed by atoms with van der Waals surface area (Å²) in [6, 6.07) is 5.19. The Morgan fingerprint density at radius 1 is 1.22 bits per heavy atom. The molecule has 0 aliphatic carbocycles. The standard InChI is InChI=1S/C12H8F2N4/c1-6-8(5-15)11(16)18-12(17-6)7-2-3-9(13)10(14)4-7/h2-4H,1H3,(H2,16,17,18). The molecule has 0 aliphatic rings. The van der Waals surface area contributed by atoms with Gasteiger partial charge in [0.1, 0.15) is 17.5 Å². The number of aryl methyl sites for hydroxylation is 1. The smallest absolute Gasteiger partial charge is 0.161 e. The molecular weight excluding hydrogens is 238 g/mol. The first kappa shape index (κ1) is 11.9. The van der Waals surface area contributed by atoms with E-state index in [0.29, 0.717) is 11.3 Å². The Morgan fingerprint density at radius 2 is 1.94 bits per heavy atom. The van der Waals surface area contributed by atoms with Crippen LogP contribution >= 0.6 is 0 Å². The fraction of sp³-hybridized carbons (Fsp3) is 0.0833. The van der Waals surface area contributed by atoms with Crippen LogP contribution in [0.5, 0.6) is 0 Å². The molecule has 0 unspecified atom stereocenters. The van der Waals surface area contributed by atoms with E-state index in [2.05, 4.69) is 9.97 Å². The highest BCUT2D eigenvalue weighted by Gasteiger charge is 2.11. The molecule has 0 saturated heterocycles. The monoisotopic (exact) mass is 246 g/mol. The second-order valence-corrected chi connectivity index (χ2v) is 3.63. The van der Waals surface area contributed by atoms with E-state index in [1.165, 1.54) is 6.07 Å². The minimum Gasteiger partial charge on any atom is -0.382 e. The van der Waals surface area contributed by atoms with Crippen molar-refractivity contribution < 1.29 is 8.78 Å². The molecule has 1 aromatic heterocycles. The summed E-state index contributed by atoms with van der Waals surface area (Å²) in [7, 11) is 0. The number of nitrogen functional groups attached to an aromatic ring is 1. The van der Waals surface area contributed by atoms with Crippen molar-refractivity contribution in [2.75, 3.05) is 5.73 Å². The zero-order valence-electron chi connectivity index (χ0n) is 9.41. The Kier molecular flexibility index (Phi) is 2.90. The molecule has 0 spiro atoms. The zero-order valence-corrected chi connectivity index (χ0v) is 9.41. The van der Waals surface area contributed by atoms with Gasteiger partial charge < -0.3 is 5.73 Å². The summed E-state index contributed by atoms with van der Waals surface area (Å²) >= 11 is 0. The average Bonchev–Trinajstić information content (AvgIpc) is 2.32. The van der Waals surface area contributed by atoms with E-state index in [9.17, 15) is 8.78 Å². The Morgan fingerprint density at radius 3 is 2.50 bits per heavy atom. The predicted molar refractivity (Wildman–Crippen MR) is 61.2 cm³/mol. The molecule has 18 heavy (non-hydrogen) atoms. The number of rotatable bonds is 1. The molecule has 2 aromatic rings. The molecule has 2 N–H and O–H groups in total. The van der Waals surface area contributed by atoms with E-state index in [1.54, 1.807) is 6.92 Å². The van der Waals surface area contributed by atoms with Crippen LogP contribution in [0.1, 0.15) is 11.3 Å². The van der Waals surface area contributed by atoms with Crippen LogP contribution in [-0.4, -0.2) is 9.97 Å². The molecule has 6 heteroatoms. The number of hydrogen-bond donors (Lipinski definition) is 1. The number of nitriles is 1.